The molecular weight excluding hydrogens is 597 g/mol. The molecule has 3 heterocycles. The Balaban J connectivity index is 1.19. The molecule has 0 spiro atoms. The van der Waals surface area contributed by atoms with E-state index in [0.29, 0.717) is 0 Å². The first-order valence-electron chi connectivity index (χ1n) is 17.0. The van der Waals surface area contributed by atoms with Crippen molar-refractivity contribution >= 4 is 65.6 Å². The van der Waals surface area contributed by atoms with E-state index in [1.807, 2.05) is 6.07 Å². The lowest BCUT2D eigenvalue weighted by Gasteiger charge is -2.19. The number of hydrogen-bond donors (Lipinski definition) is 0. The van der Waals surface area contributed by atoms with Gasteiger partial charge in [-0.3, -0.25) is 0 Å². The number of para-hydroxylation sites is 3. The first-order chi connectivity index (χ1) is 23.9. The van der Waals surface area contributed by atoms with Crippen LogP contribution in [0.15, 0.2) is 156 Å². The quantitative estimate of drug-likeness (QED) is 0.190. The predicted octanol–water partition coefficient (Wildman–Crippen LogP) is 12.7. The lowest BCUT2D eigenvalue weighted by Crippen LogP contribution is -2.10. The van der Waals surface area contributed by atoms with Crippen molar-refractivity contribution in [3.8, 4) is 22.5 Å². The molecule has 10 rings (SSSR count). The summed E-state index contributed by atoms with van der Waals surface area (Å²) in [6.07, 6.45) is 0. The standard InChI is InChI=1S/C46H34N2O/c1-46(2,3)31-21-19-29(20-22-31)30-11-10-12-32(27-30)47-38-16-7-4-13-34(38)37-28-33(23-24-40(37)47)48-39-17-8-5-14-35(39)44-41(48)25-26-43-45(44)36-15-6-9-18-42(36)49-43/h4-28H,1-3H3. The summed E-state index contributed by atoms with van der Waals surface area (Å²) in [5.41, 5.74) is 12.8. The molecule has 0 bridgehead atoms. The fourth-order valence-electron chi connectivity index (χ4n) is 7.92. The number of rotatable bonds is 3. The van der Waals surface area contributed by atoms with Gasteiger partial charge in [0.05, 0.1) is 22.1 Å². The van der Waals surface area contributed by atoms with E-state index < -0.39 is 0 Å². The van der Waals surface area contributed by atoms with Gasteiger partial charge in [-0.2, -0.15) is 0 Å². The SMILES string of the molecule is CC(C)(C)c1ccc(-c2cccc(-n3c4ccccc4c4cc(-n5c6ccccc6c6c7c(ccc65)oc5ccccc57)ccc43)c2)cc1. The summed E-state index contributed by atoms with van der Waals surface area (Å²) in [6.45, 7) is 6.78. The van der Waals surface area contributed by atoms with E-state index in [-0.39, 0.29) is 5.41 Å². The number of hydrogen-bond acceptors (Lipinski definition) is 1. The molecule has 0 radical (unpaired) electrons. The summed E-state index contributed by atoms with van der Waals surface area (Å²) in [7, 11) is 0. The zero-order chi connectivity index (χ0) is 32.9. The van der Waals surface area contributed by atoms with Crippen molar-refractivity contribution in [2.45, 2.75) is 26.2 Å². The average molecular weight is 631 g/mol. The first kappa shape index (κ1) is 28.0. The summed E-state index contributed by atoms with van der Waals surface area (Å²) in [6, 6.07) is 55.1. The van der Waals surface area contributed by atoms with Crippen LogP contribution >= 0.6 is 0 Å². The van der Waals surface area contributed by atoms with Gasteiger partial charge in [-0.15, -0.1) is 0 Å². The van der Waals surface area contributed by atoms with Crippen LogP contribution < -0.4 is 0 Å². The molecule has 0 saturated heterocycles. The molecule has 0 aliphatic heterocycles. The molecule has 0 unspecified atom stereocenters. The van der Waals surface area contributed by atoms with E-state index in [4.69, 9.17) is 4.42 Å². The van der Waals surface area contributed by atoms with Crippen LogP contribution in [0.3, 0.4) is 0 Å². The highest BCUT2D eigenvalue weighted by Gasteiger charge is 2.20. The Bertz CT molecular complexity index is 2910. The highest BCUT2D eigenvalue weighted by atomic mass is 16.3. The molecule has 0 N–H and O–H groups in total. The largest absolute Gasteiger partial charge is 0.456 e. The minimum Gasteiger partial charge on any atom is -0.456 e. The third-order valence-corrected chi connectivity index (χ3v) is 10.3. The van der Waals surface area contributed by atoms with Gasteiger partial charge in [0.25, 0.3) is 0 Å². The molecule has 7 aromatic carbocycles. The molecule has 0 fully saturated rings. The van der Waals surface area contributed by atoms with Gasteiger partial charge in [0.2, 0.25) is 0 Å². The Morgan fingerprint density at radius 1 is 0.408 bits per heavy atom. The number of aromatic nitrogens is 2. The smallest absolute Gasteiger partial charge is 0.136 e. The van der Waals surface area contributed by atoms with Crippen LogP contribution in [0.2, 0.25) is 0 Å². The normalized spacial score (nSPS) is 12.4. The molecule has 0 atom stereocenters. The van der Waals surface area contributed by atoms with Crippen molar-refractivity contribution < 1.29 is 4.42 Å². The lowest BCUT2D eigenvalue weighted by atomic mass is 9.86. The second kappa shape index (κ2) is 10.2. The Hall–Kier alpha value is -6.06. The van der Waals surface area contributed by atoms with Gasteiger partial charge in [-0.1, -0.05) is 112 Å². The van der Waals surface area contributed by atoms with Crippen LogP contribution in [0.5, 0.6) is 0 Å². The highest BCUT2D eigenvalue weighted by molar-refractivity contribution is 6.27. The van der Waals surface area contributed by atoms with Gasteiger partial charge >= 0.3 is 0 Å². The van der Waals surface area contributed by atoms with Gasteiger partial charge in [0.1, 0.15) is 11.2 Å². The van der Waals surface area contributed by atoms with Gasteiger partial charge in [-0.05, 0) is 82.8 Å². The Morgan fingerprint density at radius 2 is 1.04 bits per heavy atom. The molecule has 0 aliphatic rings. The molecule has 3 heteroatoms. The van der Waals surface area contributed by atoms with Crippen LogP contribution in [0, 0.1) is 0 Å². The molecular formula is C46H34N2O. The number of benzene rings is 7. The molecule has 3 nitrogen and oxygen atoms in total. The van der Waals surface area contributed by atoms with Gasteiger partial charge in [-0.25, -0.2) is 0 Å². The van der Waals surface area contributed by atoms with Crippen molar-refractivity contribution in [1.82, 2.24) is 9.13 Å². The van der Waals surface area contributed by atoms with Crippen molar-refractivity contribution in [2.24, 2.45) is 0 Å². The second-order valence-corrected chi connectivity index (χ2v) is 14.2. The summed E-state index contributed by atoms with van der Waals surface area (Å²) in [5, 5.41) is 7.25. The monoisotopic (exact) mass is 630 g/mol. The van der Waals surface area contributed by atoms with Gasteiger partial charge < -0.3 is 13.6 Å². The van der Waals surface area contributed by atoms with Crippen LogP contribution in [0.25, 0.3) is 88.1 Å². The molecule has 0 saturated carbocycles. The minimum absolute atomic E-state index is 0.126. The molecule has 0 aliphatic carbocycles. The summed E-state index contributed by atoms with van der Waals surface area (Å²) in [5.74, 6) is 0. The van der Waals surface area contributed by atoms with Crippen molar-refractivity contribution in [1.29, 1.82) is 0 Å². The van der Waals surface area contributed by atoms with E-state index in [9.17, 15) is 0 Å². The third kappa shape index (κ3) is 4.15. The summed E-state index contributed by atoms with van der Waals surface area (Å²) >= 11 is 0. The first-order valence-corrected chi connectivity index (χ1v) is 17.0. The molecule has 3 aromatic heterocycles. The van der Waals surface area contributed by atoms with Gasteiger partial charge in [0.15, 0.2) is 0 Å². The third-order valence-electron chi connectivity index (χ3n) is 10.3. The van der Waals surface area contributed by atoms with E-state index in [0.717, 1.165) is 27.9 Å². The fraction of sp³-hybridized carbons (Fsp3) is 0.0870. The van der Waals surface area contributed by atoms with Crippen molar-refractivity contribution in [3.05, 3.63) is 157 Å². The highest BCUT2D eigenvalue weighted by Crippen LogP contribution is 2.42. The van der Waals surface area contributed by atoms with Crippen molar-refractivity contribution in [2.75, 3.05) is 0 Å². The van der Waals surface area contributed by atoms with E-state index >= 15 is 0 Å². The number of nitrogens with zero attached hydrogens (tertiary/aromatic N) is 2. The van der Waals surface area contributed by atoms with Crippen LogP contribution in [-0.4, -0.2) is 9.13 Å². The Morgan fingerprint density at radius 3 is 1.84 bits per heavy atom. The van der Waals surface area contributed by atoms with E-state index in [1.54, 1.807) is 0 Å². The fourth-order valence-corrected chi connectivity index (χ4v) is 7.92. The summed E-state index contributed by atoms with van der Waals surface area (Å²) < 4.78 is 11.1. The molecule has 0 amide bonds. The zero-order valence-electron chi connectivity index (χ0n) is 27.7. The van der Waals surface area contributed by atoms with Crippen molar-refractivity contribution in [3.63, 3.8) is 0 Å². The van der Waals surface area contributed by atoms with E-state index in [1.165, 1.54) is 65.7 Å². The number of furan rings is 1. The topological polar surface area (TPSA) is 23.0 Å². The van der Waals surface area contributed by atoms with Crippen LogP contribution in [0.4, 0.5) is 0 Å². The summed E-state index contributed by atoms with van der Waals surface area (Å²) in [4.78, 5) is 0. The maximum Gasteiger partial charge on any atom is 0.136 e. The van der Waals surface area contributed by atoms with Gasteiger partial charge in [0, 0.05) is 43.7 Å². The van der Waals surface area contributed by atoms with E-state index in [2.05, 4.69) is 175 Å². The Labute approximate surface area is 284 Å². The molecule has 49 heavy (non-hydrogen) atoms. The average Bonchev–Trinajstić information content (AvgIpc) is 3.78. The van der Waals surface area contributed by atoms with Crippen LogP contribution in [-0.2, 0) is 5.41 Å². The predicted molar refractivity (Wildman–Crippen MR) is 207 cm³/mol. The maximum absolute atomic E-state index is 6.32. The lowest BCUT2D eigenvalue weighted by molar-refractivity contribution is 0.590. The minimum atomic E-state index is 0.126. The molecule has 234 valence electrons. The van der Waals surface area contributed by atoms with Crippen LogP contribution in [0.1, 0.15) is 26.3 Å². The molecule has 10 aromatic rings. The second-order valence-electron chi connectivity index (χ2n) is 14.2. The maximum atomic E-state index is 6.32. The number of fused-ring (bicyclic) bond motifs is 10. The zero-order valence-corrected chi connectivity index (χ0v) is 27.7. The Kier molecular flexibility index (Phi) is 5.84.